The number of hydrogen-bond donors (Lipinski definition) is 1. The third-order valence-electron chi connectivity index (χ3n) is 2.44. The van der Waals surface area contributed by atoms with Crippen LogP contribution in [0.15, 0.2) is 18.2 Å². The molecule has 0 bridgehead atoms. The molecule has 0 aliphatic rings. The molecule has 0 saturated carbocycles. The third-order valence-corrected chi connectivity index (χ3v) is 3.26. The Morgan fingerprint density at radius 3 is 2.88 bits per heavy atom. The van der Waals surface area contributed by atoms with Crippen molar-refractivity contribution in [1.82, 2.24) is 9.59 Å². The van der Waals surface area contributed by atoms with Crippen LogP contribution in [0.3, 0.4) is 0 Å². The maximum atomic E-state index is 13.5. The molecule has 1 unspecified atom stereocenters. The van der Waals surface area contributed by atoms with Crippen LogP contribution in [-0.2, 0) is 6.42 Å². The number of halogens is 2. The van der Waals surface area contributed by atoms with Gasteiger partial charge in [-0.25, -0.2) is 8.78 Å². The van der Waals surface area contributed by atoms with E-state index in [1.165, 1.54) is 12.1 Å². The van der Waals surface area contributed by atoms with E-state index < -0.39 is 17.7 Å². The predicted octanol–water partition coefficient (Wildman–Crippen LogP) is 2.46. The molecule has 1 N–H and O–H groups in total. The minimum Gasteiger partial charge on any atom is -0.383 e. The van der Waals surface area contributed by atoms with Crippen molar-refractivity contribution < 1.29 is 13.9 Å². The Balaban J connectivity index is 2.44. The van der Waals surface area contributed by atoms with Crippen molar-refractivity contribution in [2.45, 2.75) is 19.4 Å². The first-order valence-electron chi connectivity index (χ1n) is 5.08. The van der Waals surface area contributed by atoms with Gasteiger partial charge in [0.15, 0.2) is 11.6 Å². The van der Waals surface area contributed by atoms with Crippen LogP contribution < -0.4 is 0 Å². The minimum atomic E-state index is -1.22. The molecule has 0 fully saturated rings. The summed E-state index contributed by atoms with van der Waals surface area (Å²) in [4.78, 5) is 0.456. The Labute approximate surface area is 101 Å². The van der Waals surface area contributed by atoms with Crippen LogP contribution in [0.5, 0.6) is 0 Å². The number of aromatic nitrogens is 2. The van der Waals surface area contributed by atoms with Crippen molar-refractivity contribution >= 4 is 11.5 Å². The molecule has 0 amide bonds. The molecule has 6 heteroatoms. The van der Waals surface area contributed by atoms with Crippen molar-refractivity contribution in [1.29, 1.82) is 0 Å². The Hall–Kier alpha value is -1.40. The highest BCUT2D eigenvalue weighted by atomic mass is 32.1. The lowest BCUT2D eigenvalue weighted by Crippen LogP contribution is -2.04. The summed E-state index contributed by atoms with van der Waals surface area (Å²) in [7, 11) is 0. The van der Waals surface area contributed by atoms with Crippen LogP contribution in [0.25, 0.3) is 0 Å². The second kappa shape index (κ2) is 4.85. The van der Waals surface area contributed by atoms with E-state index in [9.17, 15) is 13.9 Å². The van der Waals surface area contributed by atoms with Gasteiger partial charge >= 0.3 is 0 Å². The fourth-order valence-electron chi connectivity index (χ4n) is 1.54. The number of rotatable bonds is 3. The van der Waals surface area contributed by atoms with Gasteiger partial charge in [-0.1, -0.05) is 23.5 Å². The Bertz CT molecular complexity index is 530. The molecule has 1 heterocycles. The van der Waals surface area contributed by atoms with E-state index >= 15 is 0 Å². The highest BCUT2D eigenvalue weighted by Gasteiger charge is 2.22. The molecule has 0 radical (unpaired) electrons. The van der Waals surface area contributed by atoms with Crippen LogP contribution >= 0.6 is 11.5 Å². The topological polar surface area (TPSA) is 46.0 Å². The molecule has 90 valence electrons. The summed E-state index contributed by atoms with van der Waals surface area (Å²) in [6.07, 6.45) is -0.638. The third kappa shape index (κ3) is 2.18. The highest BCUT2D eigenvalue weighted by molar-refractivity contribution is 7.05. The molecule has 17 heavy (non-hydrogen) atoms. The number of nitrogens with zero attached hydrogens (tertiary/aromatic N) is 2. The number of aliphatic hydroxyl groups is 1. The summed E-state index contributed by atoms with van der Waals surface area (Å²) >= 11 is 0.991. The lowest BCUT2D eigenvalue weighted by Gasteiger charge is -2.10. The van der Waals surface area contributed by atoms with Crippen molar-refractivity contribution in [2.24, 2.45) is 0 Å². The fraction of sp³-hybridized carbons (Fsp3) is 0.273. The van der Waals surface area contributed by atoms with Gasteiger partial charge in [0.05, 0.1) is 10.6 Å². The van der Waals surface area contributed by atoms with Crippen molar-refractivity contribution in [2.75, 3.05) is 0 Å². The number of aliphatic hydroxyl groups excluding tert-OH is 1. The number of aryl methyl sites for hydroxylation is 1. The van der Waals surface area contributed by atoms with Gasteiger partial charge in [-0.15, -0.1) is 5.10 Å². The zero-order chi connectivity index (χ0) is 12.4. The maximum absolute atomic E-state index is 13.5. The quantitative estimate of drug-likeness (QED) is 0.917. The monoisotopic (exact) mass is 256 g/mol. The van der Waals surface area contributed by atoms with E-state index in [-0.39, 0.29) is 5.56 Å². The molecular weight excluding hydrogens is 246 g/mol. The van der Waals surface area contributed by atoms with E-state index in [1.54, 1.807) is 0 Å². The van der Waals surface area contributed by atoms with Crippen molar-refractivity contribution in [3.05, 3.63) is 46.0 Å². The summed E-state index contributed by atoms with van der Waals surface area (Å²) in [6, 6.07) is 3.72. The average molecular weight is 256 g/mol. The molecule has 2 rings (SSSR count). The molecule has 0 saturated heterocycles. The fourth-order valence-corrected chi connectivity index (χ4v) is 2.29. The first-order chi connectivity index (χ1) is 8.15. The van der Waals surface area contributed by atoms with E-state index in [2.05, 4.69) is 9.59 Å². The molecule has 0 spiro atoms. The minimum absolute atomic E-state index is 0.0919. The molecule has 1 aromatic carbocycles. The highest BCUT2D eigenvalue weighted by Crippen LogP contribution is 2.29. The Morgan fingerprint density at radius 1 is 1.41 bits per heavy atom. The summed E-state index contributed by atoms with van der Waals surface area (Å²) < 4.78 is 30.3. The van der Waals surface area contributed by atoms with Gasteiger partial charge in [0.1, 0.15) is 6.10 Å². The predicted molar refractivity (Wildman–Crippen MR) is 59.7 cm³/mol. The van der Waals surface area contributed by atoms with E-state index in [4.69, 9.17) is 0 Å². The van der Waals surface area contributed by atoms with Crippen molar-refractivity contribution in [3.8, 4) is 0 Å². The molecule has 0 aliphatic carbocycles. The number of benzene rings is 1. The lowest BCUT2D eigenvalue weighted by molar-refractivity contribution is 0.216. The summed E-state index contributed by atoms with van der Waals surface area (Å²) in [6.45, 7) is 1.86. The molecule has 2 aromatic rings. The molecule has 1 aromatic heterocycles. The first kappa shape index (κ1) is 12.1. The summed E-state index contributed by atoms with van der Waals surface area (Å²) in [5.74, 6) is -2.01. The molecule has 3 nitrogen and oxygen atoms in total. The molecule has 1 atom stereocenters. The normalized spacial score (nSPS) is 12.7. The first-order valence-corrected chi connectivity index (χ1v) is 5.85. The molecular formula is C11H10F2N2OS. The summed E-state index contributed by atoms with van der Waals surface area (Å²) in [5, 5.41) is 13.8. The smallest absolute Gasteiger partial charge is 0.164 e. The van der Waals surface area contributed by atoms with Gasteiger partial charge in [-0.05, 0) is 24.0 Å². The average Bonchev–Trinajstić information content (AvgIpc) is 2.80. The van der Waals surface area contributed by atoms with E-state index in [1.807, 2.05) is 6.92 Å². The van der Waals surface area contributed by atoms with Crippen LogP contribution in [0.1, 0.15) is 29.2 Å². The molecule has 0 aliphatic heterocycles. The van der Waals surface area contributed by atoms with Gasteiger partial charge < -0.3 is 5.11 Å². The van der Waals surface area contributed by atoms with Gasteiger partial charge in [-0.3, -0.25) is 0 Å². The van der Waals surface area contributed by atoms with Gasteiger partial charge in [-0.2, -0.15) is 0 Å². The summed E-state index contributed by atoms with van der Waals surface area (Å²) in [5.41, 5.74) is 0.511. The Kier molecular flexibility index (Phi) is 3.44. The van der Waals surface area contributed by atoms with E-state index in [0.717, 1.165) is 17.6 Å². The van der Waals surface area contributed by atoms with Crippen LogP contribution in [0.4, 0.5) is 8.78 Å². The Morgan fingerprint density at radius 2 is 2.18 bits per heavy atom. The van der Waals surface area contributed by atoms with Crippen molar-refractivity contribution in [3.63, 3.8) is 0 Å². The van der Waals surface area contributed by atoms with Crippen LogP contribution in [0.2, 0.25) is 0 Å². The zero-order valence-corrected chi connectivity index (χ0v) is 9.84. The second-order valence-corrected chi connectivity index (χ2v) is 4.27. The second-order valence-electron chi connectivity index (χ2n) is 3.48. The standard InChI is InChI=1S/C11H10F2N2OS/c1-2-8-11(17-15-14-8)10(16)6-4-3-5-7(12)9(6)13/h3-5,10,16H,2H2,1H3. The maximum Gasteiger partial charge on any atom is 0.164 e. The van der Waals surface area contributed by atoms with Crippen LogP contribution in [-0.4, -0.2) is 14.7 Å². The van der Waals surface area contributed by atoms with Gasteiger partial charge in [0.2, 0.25) is 0 Å². The zero-order valence-electron chi connectivity index (χ0n) is 9.02. The lowest BCUT2D eigenvalue weighted by atomic mass is 10.1. The SMILES string of the molecule is CCc1nnsc1C(O)c1cccc(F)c1F. The van der Waals surface area contributed by atoms with Gasteiger partial charge in [0, 0.05) is 5.56 Å². The van der Waals surface area contributed by atoms with Crippen LogP contribution in [0, 0.1) is 11.6 Å². The number of hydrogen-bond acceptors (Lipinski definition) is 4. The largest absolute Gasteiger partial charge is 0.383 e. The van der Waals surface area contributed by atoms with Gasteiger partial charge in [0.25, 0.3) is 0 Å². The van der Waals surface area contributed by atoms with E-state index in [0.29, 0.717) is 17.0 Å².